The summed E-state index contributed by atoms with van der Waals surface area (Å²) in [5.41, 5.74) is 4.68. The lowest BCUT2D eigenvalue weighted by Crippen LogP contribution is -2.43. The van der Waals surface area contributed by atoms with Crippen LogP contribution in [0.1, 0.15) is 48.9 Å². The van der Waals surface area contributed by atoms with E-state index in [1.54, 1.807) is 6.92 Å². The highest BCUT2D eigenvalue weighted by Crippen LogP contribution is 2.52. The zero-order chi connectivity index (χ0) is 21.3. The van der Waals surface area contributed by atoms with Crippen molar-refractivity contribution in [1.82, 2.24) is 9.80 Å². The Kier molecular flexibility index (Phi) is 6.43. The third-order valence-electron chi connectivity index (χ3n) is 5.75. The molecule has 3 rings (SSSR count). The van der Waals surface area contributed by atoms with Gasteiger partial charge < -0.3 is 14.9 Å². The first-order valence-electron chi connectivity index (χ1n) is 9.20. The molecule has 1 unspecified atom stereocenters. The molecule has 1 N–H and O–H groups in total. The number of nitrogens with zero attached hydrogens (tertiary/aromatic N) is 2. The first-order chi connectivity index (χ1) is 12.9. The Hall–Kier alpha value is -2.09. The van der Waals surface area contributed by atoms with Gasteiger partial charge in [-0.2, -0.15) is 13.2 Å². The molecule has 1 aliphatic heterocycles. The fourth-order valence-electron chi connectivity index (χ4n) is 4.21. The number of benzene rings is 1. The lowest BCUT2D eigenvalue weighted by atomic mass is 9.73. The van der Waals surface area contributed by atoms with Crippen molar-refractivity contribution in [3.63, 3.8) is 0 Å². The predicted octanol–water partition coefficient (Wildman–Crippen LogP) is 3.51. The van der Waals surface area contributed by atoms with Gasteiger partial charge in [-0.15, -0.1) is 0 Å². The van der Waals surface area contributed by atoms with E-state index in [9.17, 15) is 18.0 Å². The van der Waals surface area contributed by atoms with Crippen molar-refractivity contribution in [2.24, 2.45) is 0 Å². The number of rotatable bonds is 1. The Bertz CT molecular complexity index is 739. The third kappa shape index (κ3) is 4.66. The summed E-state index contributed by atoms with van der Waals surface area (Å²) < 4.78 is 31.7. The molecule has 156 valence electrons. The van der Waals surface area contributed by atoms with Crippen LogP contribution in [0.5, 0.6) is 0 Å². The summed E-state index contributed by atoms with van der Waals surface area (Å²) in [6, 6.07) is 7.48. The molecule has 1 saturated heterocycles. The Labute approximate surface area is 163 Å². The Balaban J connectivity index is 0.000000345. The number of alkyl halides is 3. The maximum atomic E-state index is 11.6. The van der Waals surface area contributed by atoms with E-state index in [0.717, 1.165) is 25.9 Å². The normalized spacial score (nSPS) is 20.6. The minimum absolute atomic E-state index is 0.219. The zero-order valence-electron chi connectivity index (χ0n) is 16.6. The lowest BCUT2D eigenvalue weighted by Gasteiger charge is -2.40. The second-order valence-electron chi connectivity index (χ2n) is 7.86. The molecule has 28 heavy (non-hydrogen) atoms. The van der Waals surface area contributed by atoms with Crippen molar-refractivity contribution < 1.29 is 27.9 Å². The SMILES string of the molecule is CC(=O)N1CCC2(CC1)CC(N(C)C)c1cc(C)ccc12.O=C(O)C(F)(F)F. The van der Waals surface area contributed by atoms with Gasteiger partial charge in [0.1, 0.15) is 0 Å². The van der Waals surface area contributed by atoms with Crippen LogP contribution in [0.25, 0.3) is 0 Å². The summed E-state index contributed by atoms with van der Waals surface area (Å²) in [5.74, 6) is -2.54. The summed E-state index contributed by atoms with van der Waals surface area (Å²) in [6.07, 6.45) is -1.68. The summed E-state index contributed by atoms with van der Waals surface area (Å²) in [5, 5.41) is 7.12. The van der Waals surface area contributed by atoms with Crippen molar-refractivity contribution in [2.75, 3.05) is 27.2 Å². The van der Waals surface area contributed by atoms with E-state index >= 15 is 0 Å². The third-order valence-corrected chi connectivity index (χ3v) is 5.75. The van der Waals surface area contributed by atoms with Gasteiger partial charge in [0, 0.05) is 31.5 Å². The molecule has 2 aliphatic rings. The monoisotopic (exact) mass is 400 g/mol. The van der Waals surface area contributed by atoms with Crippen molar-refractivity contribution in [3.8, 4) is 0 Å². The van der Waals surface area contributed by atoms with E-state index < -0.39 is 12.1 Å². The Morgan fingerprint density at radius 2 is 1.75 bits per heavy atom. The van der Waals surface area contributed by atoms with Crippen LogP contribution >= 0.6 is 0 Å². The molecule has 0 radical (unpaired) electrons. The fourth-order valence-corrected chi connectivity index (χ4v) is 4.21. The lowest BCUT2D eigenvalue weighted by molar-refractivity contribution is -0.192. The number of aliphatic carboxylic acids is 1. The molecule has 1 spiro atoms. The van der Waals surface area contributed by atoms with E-state index in [1.807, 2.05) is 4.90 Å². The highest BCUT2D eigenvalue weighted by molar-refractivity contribution is 5.73. The molecule has 0 aromatic heterocycles. The summed E-state index contributed by atoms with van der Waals surface area (Å²) >= 11 is 0. The minimum atomic E-state index is -5.08. The van der Waals surface area contributed by atoms with Crippen LogP contribution in [-0.2, 0) is 15.0 Å². The number of carboxylic acid groups (broad SMARTS) is 1. The van der Waals surface area contributed by atoms with Gasteiger partial charge in [0.2, 0.25) is 5.91 Å². The number of hydrogen-bond donors (Lipinski definition) is 1. The first-order valence-corrected chi connectivity index (χ1v) is 9.20. The molecule has 8 heteroatoms. The number of hydrogen-bond acceptors (Lipinski definition) is 3. The predicted molar refractivity (Wildman–Crippen MR) is 99.1 cm³/mol. The van der Waals surface area contributed by atoms with Crippen molar-refractivity contribution in [1.29, 1.82) is 0 Å². The average Bonchev–Trinajstić information content (AvgIpc) is 2.89. The molecule has 1 amide bonds. The molecule has 1 heterocycles. The second-order valence-corrected chi connectivity index (χ2v) is 7.86. The van der Waals surface area contributed by atoms with Crippen LogP contribution in [0, 0.1) is 6.92 Å². The van der Waals surface area contributed by atoms with E-state index in [0.29, 0.717) is 6.04 Å². The molecule has 0 saturated carbocycles. The minimum Gasteiger partial charge on any atom is -0.475 e. The maximum absolute atomic E-state index is 11.6. The molecule has 1 aromatic carbocycles. The second kappa shape index (κ2) is 8.11. The van der Waals surface area contributed by atoms with Crippen LogP contribution in [0.3, 0.4) is 0 Å². The number of carboxylic acids is 1. The fraction of sp³-hybridized carbons (Fsp3) is 0.600. The Morgan fingerprint density at radius 3 is 2.18 bits per heavy atom. The number of carbonyl (C=O) groups excluding carboxylic acids is 1. The van der Waals surface area contributed by atoms with E-state index in [-0.39, 0.29) is 11.3 Å². The molecular weight excluding hydrogens is 373 g/mol. The van der Waals surface area contributed by atoms with Gasteiger partial charge in [-0.3, -0.25) is 4.79 Å². The van der Waals surface area contributed by atoms with E-state index in [4.69, 9.17) is 9.90 Å². The molecule has 0 bridgehead atoms. The molecule has 1 fully saturated rings. The molecule has 1 aromatic rings. The van der Waals surface area contributed by atoms with Crippen molar-refractivity contribution in [2.45, 2.75) is 50.7 Å². The smallest absolute Gasteiger partial charge is 0.475 e. The number of aryl methyl sites for hydroxylation is 1. The van der Waals surface area contributed by atoms with E-state index in [1.165, 1.54) is 23.1 Å². The standard InChI is InChI=1S/C18H26N2O.C2HF3O2/c1-13-5-6-16-15(11-13)17(19(3)4)12-18(16)7-9-20(10-8-18)14(2)21;3-2(4,5)1(6)7/h5-6,11,17H,7-10,12H2,1-4H3;(H,6,7). The number of piperidine rings is 1. The van der Waals surface area contributed by atoms with Crippen molar-refractivity contribution in [3.05, 3.63) is 34.9 Å². The van der Waals surface area contributed by atoms with Crippen LogP contribution < -0.4 is 0 Å². The first kappa shape index (κ1) is 22.2. The van der Waals surface area contributed by atoms with Gasteiger partial charge in [0.15, 0.2) is 0 Å². The van der Waals surface area contributed by atoms with Gasteiger partial charge in [-0.25, -0.2) is 4.79 Å². The van der Waals surface area contributed by atoms with Crippen LogP contribution in [0.2, 0.25) is 0 Å². The number of halogens is 3. The molecule has 1 aliphatic carbocycles. The zero-order valence-corrected chi connectivity index (χ0v) is 16.6. The van der Waals surface area contributed by atoms with Crippen molar-refractivity contribution >= 4 is 11.9 Å². The van der Waals surface area contributed by atoms with Gasteiger partial charge in [0.25, 0.3) is 0 Å². The van der Waals surface area contributed by atoms with Crippen LogP contribution in [0.4, 0.5) is 13.2 Å². The topological polar surface area (TPSA) is 60.9 Å². The maximum Gasteiger partial charge on any atom is 0.490 e. The highest BCUT2D eigenvalue weighted by atomic mass is 19.4. The summed E-state index contributed by atoms with van der Waals surface area (Å²) in [7, 11) is 4.36. The van der Waals surface area contributed by atoms with Gasteiger partial charge in [0.05, 0.1) is 0 Å². The number of likely N-dealkylation sites (tertiary alicyclic amines) is 1. The summed E-state index contributed by atoms with van der Waals surface area (Å²) in [4.78, 5) is 24.8. The number of amides is 1. The van der Waals surface area contributed by atoms with Crippen LogP contribution in [0.15, 0.2) is 18.2 Å². The molecular formula is C20H27F3N2O3. The average molecular weight is 400 g/mol. The van der Waals surface area contributed by atoms with Gasteiger partial charge in [-0.05, 0) is 51.4 Å². The Morgan fingerprint density at radius 1 is 1.21 bits per heavy atom. The van der Waals surface area contributed by atoms with Crippen LogP contribution in [-0.4, -0.2) is 60.1 Å². The van der Waals surface area contributed by atoms with E-state index in [2.05, 4.69) is 44.1 Å². The molecule has 5 nitrogen and oxygen atoms in total. The number of carbonyl (C=O) groups is 2. The quantitative estimate of drug-likeness (QED) is 0.784. The van der Waals surface area contributed by atoms with Gasteiger partial charge in [-0.1, -0.05) is 23.8 Å². The molecule has 1 atom stereocenters. The number of fused-ring (bicyclic) bond motifs is 2. The van der Waals surface area contributed by atoms with Gasteiger partial charge >= 0.3 is 12.1 Å². The summed E-state index contributed by atoms with van der Waals surface area (Å²) in [6.45, 7) is 5.68. The largest absolute Gasteiger partial charge is 0.490 e. The highest BCUT2D eigenvalue weighted by Gasteiger charge is 2.46.